The maximum Gasteiger partial charge on any atom is 0.0778 e. The highest BCUT2D eigenvalue weighted by Crippen LogP contribution is 2.39. The van der Waals surface area contributed by atoms with Gasteiger partial charge in [-0.3, -0.25) is 0 Å². The predicted octanol–water partition coefficient (Wildman–Crippen LogP) is 1.33. The van der Waals surface area contributed by atoms with Crippen LogP contribution in [0.3, 0.4) is 0 Å². The largest absolute Gasteiger partial charge is 0.396 e. The Kier molecular flexibility index (Phi) is 2.59. The van der Waals surface area contributed by atoms with Crippen LogP contribution in [0, 0.1) is 11.3 Å². The molecule has 0 bridgehead atoms. The molecule has 70 valence electrons. The smallest absolute Gasteiger partial charge is 0.0778 e. The van der Waals surface area contributed by atoms with Gasteiger partial charge in [-0.1, -0.05) is 25.5 Å². The zero-order valence-electron chi connectivity index (χ0n) is 8.04. The van der Waals surface area contributed by atoms with Crippen molar-refractivity contribution in [2.75, 3.05) is 6.61 Å². The number of aliphatic hydroxyl groups excluding tert-OH is 2. The lowest BCUT2D eigenvalue weighted by molar-refractivity contribution is 0.0136. The first kappa shape index (κ1) is 9.75. The summed E-state index contributed by atoms with van der Waals surface area (Å²) < 4.78 is 0. The molecular weight excluding hydrogens is 152 g/mol. The predicted molar refractivity (Wildman–Crippen MR) is 48.7 cm³/mol. The van der Waals surface area contributed by atoms with Gasteiger partial charge in [0.1, 0.15) is 0 Å². The van der Waals surface area contributed by atoms with E-state index in [1.165, 1.54) is 5.57 Å². The Hall–Kier alpha value is -0.340. The molecule has 0 saturated carbocycles. The third-order valence-corrected chi connectivity index (χ3v) is 2.80. The van der Waals surface area contributed by atoms with Crippen molar-refractivity contribution in [1.29, 1.82) is 0 Å². The van der Waals surface area contributed by atoms with Crippen LogP contribution in [0.1, 0.15) is 27.2 Å². The van der Waals surface area contributed by atoms with Crippen LogP contribution in [-0.4, -0.2) is 22.9 Å². The molecular formula is C10H18O2. The van der Waals surface area contributed by atoms with E-state index in [-0.39, 0.29) is 17.9 Å². The number of hydrogen-bond donors (Lipinski definition) is 2. The van der Waals surface area contributed by atoms with Crippen LogP contribution in [0.25, 0.3) is 0 Å². The van der Waals surface area contributed by atoms with Gasteiger partial charge in [0.2, 0.25) is 0 Å². The van der Waals surface area contributed by atoms with Crippen molar-refractivity contribution in [3.05, 3.63) is 11.6 Å². The molecule has 0 fully saturated rings. The minimum absolute atomic E-state index is 0.0128. The summed E-state index contributed by atoms with van der Waals surface area (Å²) in [6.07, 6.45) is 2.35. The molecule has 0 spiro atoms. The molecule has 0 aliphatic heterocycles. The van der Waals surface area contributed by atoms with Crippen LogP contribution >= 0.6 is 0 Å². The molecule has 1 aliphatic rings. The molecule has 0 saturated heterocycles. The monoisotopic (exact) mass is 170 g/mol. The number of hydrogen-bond acceptors (Lipinski definition) is 2. The molecule has 0 unspecified atom stereocenters. The SMILES string of the molecule is CC1=C[C@H](O)[C@H](CO)C(C)(C)C1. The van der Waals surface area contributed by atoms with E-state index in [0.717, 1.165) is 6.42 Å². The minimum Gasteiger partial charge on any atom is -0.396 e. The zero-order valence-corrected chi connectivity index (χ0v) is 8.04. The molecule has 0 amide bonds. The zero-order chi connectivity index (χ0) is 9.35. The molecule has 0 heterocycles. The Morgan fingerprint density at radius 2 is 2.17 bits per heavy atom. The highest BCUT2D eigenvalue weighted by molar-refractivity contribution is 5.13. The summed E-state index contributed by atoms with van der Waals surface area (Å²) in [5, 5.41) is 18.7. The van der Waals surface area contributed by atoms with Crippen molar-refractivity contribution < 1.29 is 10.2 Å². The lowest BCUT2D eigenvalue weighted by atomic mass is 9.68. The second kappa shape index (κ2) is 3.19. The van der Waals surface area contributed by atoms with Crippen LogP contribution in [0.2, 0.25) is 0 Å². The minimum atomic E-state index is -0.473. The summed E-state index contributed by atoms with van der Waals surface area (Å²) in [6, 6.07) is 0. The van der Waals surface area contributed by atoms with Gasteiger partial charge >= 0.3 is 0 Å². The highest BCUT2D eigenvalue weighted by atomic mass is 16.3. The van der Waals surface area contributed by atoms with Crippen LogP contribution in [0.5, 0.6) is 0 Å². The first-order valence-electron chi connectivity index (χ1n) is 4.43. The van der Waals surface area contributed by atoms with E-state index < -0.39 is 6.10 Å². The first-order valence-corrected chi connectivity index (χ1v) is 4.43. The normalized spacial score (nSPS) is 34.6. The van der Waals surface area contributed by atoms with Crippen molar-refractivity contribution in [2.45, 2.75) is 33.3 Å². The van der Waals surface area contributed by atoms with Crippen LogP contribution in [0.4, 0.5) is 0 Å². The van der Waals surface area contributed by atoms with E-state index in [2.05, 4.69) is 13.8 Å². The lowest BCUT2D eigenvalue weighted by Gasteiger charge is -2.39. The van der Waals surface area contributed by atoms with Gasteiger partial charge in [0, 0.05) is 12.5 Å². The van der Waals surface area contributed by atoms with Crippen molar-refractivity contribution >= 4 is 0 Å². The summed E-state index contributed by atoms with van der Waals surface area (Å²) in [7, 11) is 0. The van der Waals surface area contributed by atoms with Gasteiger partial charge in [0.25, 0.3) is 0 Å². The Bertz CT molecular complexity index is 194. The highest BCUT2D eigenvalue weighted by Gasteiger charge is 2.36. The maximum absolute atomic E-state index is 9.64. The van der Waals surface area contributed by atoms with Gasteiger partial charge < -0.3 is 10.2 Å². The van der Waals surface area contributed by atoms with Gasteiger partial charge in [0.05, 0.1) is 6.10 Å². The van der Waals surface area contributed by atoms with E-state index in [4.69, 9.17) is 5.11 Å². The second-order valence-electron chi connectivity index (χ2n) is 4.46. The molecule has 2 heteroatoms. The van der Waals surface area contributed by atoms with Crippen LogP contribution in [0.15, 0.2) is 11.6 Å². The Balaban J connectivity index is 2.86. The summed E-state index contributed by atoms with van der Waals surface area (Å²) >= 11 is 0. The van der Waals surface area contributed by atoms with E-state index in [1.807, 2.05) is 13.0 Å². The fourth-order valence-corrected chi connectivity index (χ4v) is 2.13. The fraction of sp³-hybridized carbons (Fsp3) is 0.800. The average Bonchev–Trinajstić information content (AvgIpc) is 1.82. The molecule has 0 aromatic rings. The maximum atomic E-state index is 9.64. The van der Waals surface area contributed by atoms with Crippen molar-refractivity contribution in [2.24, 2.45) is 11.3 Å². The second-order valence-corrected chi connectivity index (χ2v) is 4.46. The summed E-state index contributed by atoms with van der Waals surface area (Å²) in [6.45, 7) is 6.28. The van der Waals surface area contributed by atoms with E-state index in [1.54, 1.807) is 0 Å². The Labute approximate surface area is 73.9 Å². The molecule has 1 rings (SSSR count). The van der Waals surface area contributed by atoms with Crippen molar-refractivity contribution in [1.82, 2.24) is 0 Å². The van der Waals surface area contributed by atoms with Gasteiger partial charge in [0.15, 0.2) is 0 Å². The van der Waals surface area contributed by atoms with Crippen molar-refractivity contribution in [3.8, 4) is 0 Å². The fourth-order valence-electron chi connectivity index (χ4n) is 2.13. The van der Waals surface area contributed by atoms with Crippen molar-refractivity contribution in [3.63, 3.8) is 0 Å². The molecule has 2 atom stereocenters. The molecule has 0 aromatic carbocycles. The molecule has 0 aromatic heterocycles. The van der Waals surface area contributed by atoms with Gasteiger partial charge in [-0.2, -0.15) is 0 Å². The molecule has 12 heavy (non-hydrogen) atoms. The summed E-state index contributed by atoms with van der Waals surface area (Å²) in [4.78, 5) is 0. The van der Waals surface area contributed by atoms with Crippen LogP contribution in [-0.2, 0) is 0 Å². The third-order valence-electron chi connectivity index (χ3n) is 2.80. The van der Waals surface area contributed by atoms with Crippen LogP contribution < -0.4 is 0 Å². The topological polar surface area (TPSA) is 40.5 Å². The van der Waals surface area contributed by atoms with E-state index in [9.17, 15) is 5.11 Å². The summed E-state index contributed by atoms with van der Waals surface area (Å²) in [5.74, 6) is -0.0128. The lowest BCUT2D eigenvalue weighted by Crippen LogP contribution is -2.39. The van der Waals surface area contributed by atoms with Gasteiger partial charge in [-0.25, -0.2) is 0 Å². The number of rotatable bonds is 1. The first-order chi connectivity index (χ1) is 5.47. The average molecular weight is 170 g/mol. The quantitative estimate of drug-likeness (QED) is 0.583. The summed E-state index contributed by atoms with van der Waals surface area (Å²) in [5.41, 5.74) is 1.24. The molecule has 2 N–H and O–H groups in total. The Morgan fingerprint density at radius 1 is 1.58 bits per heavy atom. The number of aliphatic hydroxyl groups is 2. The molecule has 0 radical (unpaired) electrons. The third kappa shape index (κ3) is 1.70. The molecule has 2 nitrogen and oxygen atoms in total. The molecule has 1 aliphatic carbocycles. The van der Waals surface area contributed by atoms with E-state index in [0.29, 0.717) is 0 Å². The van der Waals surface area contributed by atoms with Gasteiger partial charge in [-0.05, 0) is 18.8 Å². The van der Waals surface area contributed by atoms with Gasteiger partial charge in [-0.15, -0.1) is 0 Å². The number of allylic oxidation sites excluding steroid dienone is 1. The Morgan fingerprint density at radius 3 is 2.58 bits per heavy atom. The van der Waals surface area contributed by atoms with E-state index >= 15 is 0 Å². The standard InChI is InChI=1S/C10H18O2/c1-7-4-9(12)8(6-11)10(2,3)5-7/h4,8-9,11-12H,5-6H2,1-3H3/t8-,9-/m0/s1.